The van der Waals surface area contributed by atoms with Gasteiger partial charge in [0.1, 0.15) is 16.2 Å². The molecule has 0 aliphatic heterocycles. The lowest BCUT2D eigenvalue weighted by atomic mass is 10.3. The summed E-state index contributed by atoms with van der Waals surface area (Å²) in [6.45, 7) is 2.02. The minimum absolute atomic E-state index is 0.676. The zero-order chi connectivity index (χ0) is 13.1. The van der Waals surface area contributed by atoms with Crippen molar-refractivity contribution in [1.82, 2.24) is 9.97 Å². The first-order valence-electron chi connectivity index (χ1n) is 5.34. The van der Waals surface area contributed by atoms with Crippen molar-refractivity contribution in [2.45, 2.75) is 13.3 Å². The molecule has 0 saturated carbocycles. The molecule has 0 bridgehead atoms. The van der Waals surface area contributed by atoms with Crippen molar-refractivity contribution in [3.8, 4) is 0 Å². The molecule has 0 fully saturated rings. The molecule has 1 N–H and O–H groups in total. The zero-order valence-corrected chi connectivity index (χ0v) is 14.0. The Labute approximate surface area is 133 Å². The summed E-state index contributed by atoms with van der Waals surface area (Å²) in [4.78, 5) is 8.66. The molecular weight excluding hydrogens is 428 g/mol. The number of aryl methyl sites for hydroxylation is 1. The van der Waals surface area contributed by atoms with Crippen LogP contribution in [-0.4, -0.2) is 9.97 Å². The third-order valence-corrected chi connectivity index (χ3v) is 3.64. The van der Waals surface area contributed by atoms with E-state index in [9.17, 15) is 0 Å². The third kappa shape index (κ3) is 3.55. The van der Waals surface area contributed by atoms with Crippen LogP contribution in [0.15, 0.2) is 28.9 Å². The van der Waals surface area contributed by atoms with Gasteiger partial charge in [0.15, 0.2) is 0 Å². The van der Waals surface area contributed by atoms with Crippen molar-refractivity contribution in [2.75, 3.05) is 5.32 Å². The van der Waals surface area contributed by atoms with Crippen LogP contribution in [0.5, 0.6) is 0 Å². The van der Waals surface area contributed by atoms with E-state index in [4.69, 9.17) is 11.6 Å². The van der Waals surface area contributed by atoms with Gasteiger partial charge in [-0.15, -0.1) is 0 Å². The third-order valence-electron chi connectivity index (χ3n) is 2.25. The second-order valence-corrected chi connectivity index (χ2v) is 6.06. The number of aromatic nitrogens is 2. The second-order valence-electron chi connectivity index (χ2n) is 3.59. The molecule has 1 heterocycles. The topological polar surface area (TPSA) is 37.8 Å². The van der Waals surface area contributed by atoms with E-state index >= 15 is 0 Å². The molecule has 1 aromatic carbocycles. The summed E-state index contributed by atoms with van der Waals surface area (Å²) in [6.07, 6.45) is 0.786. The molecule has 0 amide bonds. The van der Waals surface area contributed by atoms with Gasteiger partial charge in [-0.05, 0) is 56.7 Å². The molecular formula is C12H10BrClIN3. The van der Waals surface area contributed by atoms with Gasteiger partial charge in [-0.1, -0.05) is 18.5 Å². The number of halogens is 3. The molecule has 3 nitrogen and oxygen atoms in total. The zero-order valence-electron chi connectivity index (χ0n) is 9.54. The molecule has 2 rings (SSSR count). The fourth-order valence-electron chi connectivity index (χ4n) is 1.42. The van der Waals surface area contributed by atoms with Crippen LogP contribution < -0.4 is 5.32 Å². The number of nitrogens with one attached hydrogen (secondary N) is 1. The monoisotopic (exact) mass is 437 g/mol. The van der Waals surface area contributed by atoms with Gasteiger partial charge in [-0.2, -0.15) is 0 Å². The molecule has 0 radical (unpaired) electrons. The Balaban J connectivity index is 2.30. The van der Waals surface area contributed by atoms with Crippen molar-refractivity contribution < 1.29 is 0 Å². The van der Waals surface area contributed by atoms with Gasteiger partial charge in [-0.25, -0.2) is 9.97 Å². The van der Waals surface area contributed by atoms with Crippen molar-refractivity contribution in [1.29, 1.82) is 0 Å². The molecule has 6 heteroatoms. The van der Waals surface area contributed by atoms with E-state index in [1.165, 1.54) is 0 Å². The maximum Gasteiger partial charge on any atom is 0.135 e. The van der Waals surface area contributed by atoms with Gasteiger partial charge < -0.3 is 5.32 Å². The lowest BCUT2D eigenvalue weighted by Crippen LogP contribution is -2.00. The van der Waals surface area contributed by atoms with Gasteiger partial charge in [-0.3, -0.25) is 0 Å². The largest absolute Gasteiger partial charge is 0.339 e. The van der Waals surface area contributed by atoms with Crippen LogP contribution in [0, 0.1) is 3.57 Å². The quantitative estimate of drug-likeness (QED) is 0.553. The van der Waals surface area contributed by atoms with E-state index in [-0.39, 0.29) is 0 Å². The molecule has 0 aliphatic rings. The fourth-order valence-corrected chi connectivity index (χ4v) is 2.74. The smallest absolute Gasteiger partial charge is 0.135 e. The maximum absolute atomic E-state index is 6.17. The SMILES string of the molecule is CCc1nc(Br)cc(Nc2ccc(I)cc2Cl)n1. The molecule has 0 saturated heterocycles. The van der Waals surface area contributed by atoms with E-state index < -0.39 is 0 Å². The maximum atomic E-state index is 6.17. The normalized spacial score (nSPS) is 10.4. The summed E-state index contributed by atoms with van der Waals surface area (Å²) in [6, 6.07) is 7.66. The standard InChI is InChI=1S/C12H10BrClIN3/c1-2-11-17-10(13)6-12(18-11)16-9-4-3-7(15)5-8(9)14/h3-6H,2H2,1H3,(H,16,17,18). The molecule has 18 heavy (non-hydrogen) atoms. The van der Waals surface area contributed by atoms with Gasteiger partial charge in [0.2, 0.25) is 0 Å². The minimum atomic E-state index is 0.676. The Morgan fingerprint density at radius 2 is 2.11 bits per heavy atom. The Kier molecular flexibility index (Phi) is 4.80. The number of hydrogen-bond acceptors (Lipinski definition) is 3. The highest BCUT2D eigenvalue weighted by Crippen LogP contribution is 2.27. The first kappa shape index (κ1) is 14.0. The average molecular weight is 438 g/mol. The average Bonchev–Trinajstić information content (AvgIpc) is 2.32. The lowest BCUT2D eigenvalue weighted by molar-refractivity contribution is 0.931. The van der Waals surface area contributed by atoms with Crippen molar-refractivity contribution in [3.05, 3.63) is 43.3 Å². The molecule has 1 aromatic heterocycles. The van der Waals surface area contributed by atoms with Crippen molar-refractivity contribution in [3.63, 3.8) is 0 Å². The van der Waals surface area contributed by atoms with E-state index in [1.54, 1.807) is 0 Å². The van der Waals surface area contributed by atoms with E-state index in [0.29, 0.717) is 5.02 Å². The number of rotatable bonds is 3. The van der Waals surface area contributed by atoms with E-state index in [2.05, 4.69) is 53.8 Å². The lowest BCUT2D eigenvalue weighted by Gasteiger charge is -2.09. The summed E-state index contributed by atoms with van der Waals surface area (Å²) in [5, 5.41) is 3.87. The predicted octanol–water partition coefficient (Wildman–Crippen LogP) is 4.80. The number of benzene rings is 1. The van der Waals surface area contributed by atoms with Gasteiger partial charge in [0, 0.05) is 16.1 Å². The first-order valence-corrected chi connectivity index (χ1v) is 7.59. The van der Waals surface area contributed by atoms with Crippen LogP contribution in [0.4, 0.5) is 11.5 Å². The van der Waals surface area contributed by atoms with Gasteiger partial charge >= 0.3 is 0 Å². The summed E-state index contributed by atoms with van der Waals surface area (Å²) in [5.41, 5.74) is 0.838. The van der Waals surface area contributed by atoms with E-state index in [0.717, 1.165) is 31.9 Å². The van der Waals surface area contributed by atoms with Crippen LogP contribution in [0.2, 0.25) is 5.02 Å². The van der Waals surface area contributed by atoms with Gasteiger partial charge in [0.05, 0.1) is 10.7 Å². The molecule has 0 spiro atoms. The summed E-state index contributed by atoms with van der Waals surface area (Å²) >= 11 is 11.8. The number of nitrogens with zero attached hydrogens (tertiary/aromatic N) is 2. The van der Waals surface area contributed by atoms with Crippen LogP contribution in [0.1, 0.15) is 12.7 Å². The van der Waals surface area contributed by atoms with E-state index in [1.807, 2.05) is 31.2 Å². The Morgan fingerprint density at radius 1 is 1.33 bits per heavy atom. The number of anilines is 2. The highest BCUT2D eigenvalue weighted by Gasteiger charge is 2.05. The fraction of sp³-hybridized carbons (Fsp3) is 0.167. The first-order chi connectivity index (χ1) is 8.58. The molecule has 94 valence electrons. The van der Waals surface area contributed by atoms with Crippen molar-refractivity contribution in [2.24, 2.45) is 0 Å². The molecule has 0 aliphatic carbocycles. The van der Waals surface area contributed by atoms with Crippen LogP contribution in [0.25, 0.3) is 0 Å². The second kappa shape index (κ2) is 6.16. The highest BCUT2D eigenvalue weighted by molar-refractivity contribution is 14.1. The summed E-state index contributed by atoms with van der Waals surface area (Å²) in [5.74, 6) is 1.52. The minimum Gasteiger partial charge on any atom is -0.339 e. The van der Waals surface area contributed by atoms with Crippen LogP contribution in [-0.2, 0) is 6.42 Å². The molecule has 2 aromatic rings. The Hall–Kier alpha value is -0.400. The predicted molar refractivity (Wildman–Crippen MR) is 86.6 cm³/mol. The summed E-state index contributed by atoms with van der Waals surface area (Å²) < 4.78 is 1.86. The van der Waals surface area contributed by atoms with Gasteiger partial charge in [0.25, 0.3) is 0 Å². The summed E-state index contributed by atoms with van der Waals surface area (Å²) in [7, 11) is 0. The number of hydrogen-bond donors (Lipinski definition) is 1. The van der Waals surface area contributed by atoms with Crippen molar-refractivity contribution >= 4 is 61.6 Å². The highest BCUT2D eigenvalue weighted by atomic mass is 127. The molecule has 0 unspecified atom stereocenters. The molecule has 0 atom stereocenters. The Bertz CT molecular complexity index is 577. The van der Waals surface area contributed by atoms with Crippen LogP contribution >= 0.6 is 50.1 Å². The van der Waals surface area contributed by atoms with Crippen LogP contribution in [0.3, 0.4) is 0 Å². The Morgan fingerprint density at radius 3 is 2.78 bits per heavy atom.